The third-order valence-electron chi connectivity index (χ3n) is 2.87. The molecule has 6 nitrogen and oxygen atoms in total. The van der Waals surface area contributed by atoms with E-state index in [2.05, 4.69) is 19.8 Å². The first kappa shape index (κ1) is 14.1. The van der Waals surface area contributed by atoms with E-state index in [4.69, 9.17) is 4.74 Å². The van der Waals surface area contributed by atoms with Crippen LogP contribution >= 0.6 is 0 Å². The number of aromatic nitrogens is 1. The number of carbonyl (C=O) groups excluding carboxylic acids is 1. The molecular weight excluding hydrogens is 298 g/mol. The number of hydrogen-bond acceptors (Lipinski definition) is 5. The van der Waals surface area contributed by atoms with Crippen molar-refractivity contribution in [3.8, 4) is 17.4 Å². The van der Waals surface area contributed by atoms with E-state index in [1.165, 1.54) is 43.6 Å². The second kappa shape index (κ2) is 5.14. The van der Waals surface area contributed by atoms with E-state index in [9.17, 15) is 13.6 Å². The quantitative estimate of drug-likeness (QED) is 0.944. The monoisotopic (exact) mass is 308 g/mol. The molecule has 0 radical (unpaired) electrons. The molecule has 0 spiro atoms. The summed E-state index contributed by atoms with van der Waals surface area (Å²) in [7, 11) is 1.46. The van der Waals surface area contributed by atoms with Crippen LogP contribution in [-0.2, 0) is 0 Å². The number of pyridine rings is 1. The highest BCUT2D eigenvalue weighted by Crippen LogP contribution is 2.42. The van der Waals surface area contributed by atoms with Gasteiger partial charge >= 0.3 is 6.29 Å². The van der Waals surface area contributed by atoms with E-state index >= 15 is 0 Å². The molecule has 1 aromatic heterocycles. The summed E-state index contributed by atoms with van der Waals surface area (Å²) < 4.78 is 39.3. The normalized spacial score (nSPS) is 14.5. The molecule has 1 aromatic carbocycles. The summed E-state index contributed by atoms with van der Waals surface area (Å²) in [6.45, 7) is 0. The van der Waals surface area contributed by atoms with Crippen LogP contribution in [0.25, 0.3) is 0 Å². The van der Waals surface area contributed by atoms with Crippen LogP contribution in [0.5, 0.6) is 17.4 Å². The Morgan fingerprint density at radius 2 is 2.00 bits per heavy atom. The molecule has 0 saturated carbocycles. The Morgan fingerprint density at radius 1 is 1.23 bits per heavy atom. The predicted octanol–water partition coefficient (Wildman–Crippen LogP) is 2.66. The van der Waals surface area contributed by atoms with Gasteiger partial charge in [-0.3, -0.25) is 4.79 Å². The van der Waals surface area contributed by atoms with Crippen molar-refractivity contribution in [2.75, 3.05) is 12.4 Å². The molecule has 0 unspecified atom stereocenters. The highest BCUT2D eigenvalue weighted by Gasteiger charge is 2.43. The van der Waals surface area contributed by atoms with Crippen molar-refractivity contribution in [3.05, 3.63) is 42.1 Å². The highest BCUT2D eigenvalue weighted by atomic mass is 19.3. The van der Waals surface area contributed by atoms with Gasteiger partial charge in [0.15, 0.2) is 11.5 Å². The molecule has 114 valence electrons. The molecule has 1 aliphatic heterocycles. The number of amides is 1. The lowest BCUT2D eigenvalue weighted by atomic mass is 10.2. The molecule has 0 fully saturated rings. The third-order valence-corrected chi connectivity index (χ3v) is 2.87. The van der Waals surface area contributed by atoms with Gasteiger partial charge in [-0.2, -0.15) is 0 Å². The predicted molar refractivity (Wildman–Crippen MR) is 71.4 cm³/mol. The first-order valence-corrected chi connectivity index (χ1v) is 6.18. The Morgan fingerprint density at radius 3 is 2.68 bits per heavy atom. The second-order valence-corrected chi connectivity index (χ2v) is 4.37. The molecule has 8 heteroatoms. The van der Waals surface area contributed by atoms with Gasteiger partial charge in [0, 0.05) is 24.0 Å². The molecule has 1 N–H and O–H groups in total. The summed E-state index contributed by atoms with van der Waals surface area (Å²) >= 11 is 0. The van der Waals surface area contributed by atoms with Crippen molar-refractivity contribution in [2.45, 2.75) is 6.29 Å². The first-order chi connectivity index (χ1) is 10.5. The van der Waals surface area contributed by atoms with Gasteiger partial charge in [-0.25, -0.2) is 4.98 Å². The summed E-state index contributed by atoms with van der Waals surface area (Å²) in [5, 5.41) is 2.55. The maximum atomic E-state index is 12.9. The zero-order valence-corrected chi connectivity index (χ0v) is 11.3. The minimum Gasteiger partial charge on any atom is -0.481 e. The Kier molecular flexibility index (Phi) is 3.28. The van der Waals surface area contributed by atoms with Crippen molar-refractivity contribution < 1.29 is 27.8 Å². The maximum Gasteiger partial charge on any atom is 0.586 e. The Labute approximate surface area is 123 Å². The summed E-state index contributed by atoms with van der Waals surface area (Å²) in [5.74, 6) is -0.299. The van der Waals surface area contributed by atoms with Crippen molar-refractivity contribution in [1.29, 1.82) is 0 Å². The molecule has 2 heterocycles. The molecule has 0 atom stereocenters. The number of ether oxygens (including phenoxy) is 3. The highest BCUT2D eigenvalue weighted by molar-refractivity contribution is 6.04. The molecule has 1 aliphatic rings. The number of halogens is 2. The van der Waals surface area contributed by atoms with Crippen LogP contribution in [0.4, 0.5) is 14.5 Å². The van der Waals surface area contributed by atoms with E-state index in [-0.39, 0.29) is 11.5 Å². The number of nitrogens with one attached hydrogen (secondary N) is 1. The fourth-order valence-electron chi connectivity index (χ4n) is 1.87. The van der Waals surface area contributed by atoms with Gasteiger partial charge in [-0.1, -0.05) is 0 Å². The van der Waals surface area contributed by atoms with Crippen molar-refractivity contribution in [1.82, 2.24) is 4.98 Å². The van der Waals surface area contributed by atoms with Crippen LogP contribution in [0.2, 0.25) is 0 Å². The van der Waals surface area contributed by atoms with Crippen molar-refractivity contribution in [2.24, 2.45) is 0 Å². The standard InChI is InChI=1S/C14H10F2N2O4/c1-20-12-5-2-8(7-17-12)13(19)18-9-3-4-10-11(6-9)22-14(15,16)21-10/h2-7H,1H3,(H,18,19). The van der Waals surface area contributed by atoms with E-state index < -0.39 is 12.2 Å². The van der Waals surface area contributed by atoms with Crippen LogP contribution in [0.1, 0.15) is 10.4 Å². The number of rotatable bonds is 3. The lowest BCUT2D eigenvalue weighted by Crippen LogP contribution is -2.25. The Hall–Kier alpha value is -2.90. The number of hydrogen-bond donors (Lipinski definition) is 1. The van der Waals surface area contributed by atoms with Crippen LogP contribution in [0.3, 0.4) is 0 Å². The molecule has 3 rings (SSSR count). The number of nitrogens with zero attached hydrogens (tertiary/aromatic N) is 1. The number of fused-ring (bicyclic) bond motifs is 1. The average molecular weight is 308 g/mol. The lowest BCUT2D eigenvalue weighted by Gasteiger charge is -2.06. The zero-order valence-electron chi connectivity index (χ0n) is 11.3. The minimum atomic E-state index is -3.69. The molecule has 22 heavy (non-hydrogen) atoms. The molecule has 1 amide bonds. The van der Waals surface area contributed by atoms with Gasteiger partial charge in [-0.05, 0) is 18.2 Å². The SMILES string of the molecule is COc1ccc(C(=O)Nc2ccc3c(c2)OC(F)(F)O3)cn1. The van der Waals surface area contributed by atoms with Gasteiger partial charge < -0.3 is 19.5 Å². The molecule has 0 saturated heterocycles. The van der Waals surface area contributed by atoms with Crippen LogP contribution in [-0.4, -0.2) is 24.3 Å². The smallest absolute Gasteiger partial charge is 0.481 e. The van der Waals surface area contributed by atoms with Crippen LogP contribution < -0.4 is 19.5 Å². The van der Waals surface area contributed by atoms with Gasteiger partial charge in [0.2, 0.25) is 5.88 Å². The minimum absolute atomic E-state index is 0.0888. The van der Waals surface area contributed by atoms with Crippen LogP contribution in [0, 0.1) is 0 Å². The van der Waals surface area contributed by atoms with Crippen LogP contribution in [0.15, 0.2) is 36.5 Å². The fraction of sp³-hybridized carbons (Fsp3) is 0.143. The second-order valence-electron chi connectivity index (χ2n) is 4.37. The number of benzene rings is 1. The van der Waals surface area contributed by atoms with Gasteiger partial charge in [0.25, 0.3) is 5.91 Å². The van der Waals surface area contributed by atoms with Gasteiger partial charge in [0.05, 0.1) is 12.7 Å². The van der Waals surface area contributed by atoms with E-state index in [0.717, 1.165) is 0 Å². The van der Waals surface area contributed by atoms with Gasteiger partial charge in [0.1, 0.15) is 0 Å². The zero-order chi connectivity index (χ0) is 15.7. The average Bonchev–Trinajstić information content (AvgIpc) is 2.80. The number of alkyl halides is 2. The summed E-state index contributed by atoms with van der Waals surface area (Å²) in [4.78, 5) is 15.9. The summed E-state index contributed by atoms with van der Waals surface area (Å²) in [6, 6.07) is 7.04. The largest absolute Gasteiger partial charge is 0.586 e. The van der Waals surface area contributed by atoms with E-state index in [0.29, 0.717) is 17.1 Å². The third kappa shape index (κ3) is 2.76. The molecule has 2 aromatic rings. The van der Waals surface area contributed by atoms with Gasteiger partial charge in [-0.15, -0.1) is 8.78 Å². The van der Waals surface area contributed by atoms with Crippen molar-refractivity contribution in [3.63, 3.8) is 0 Å². The maximum absolute atomic E-state index is 12.9. The Bertz CT molecular complexity index is 719. The van der Waals surface area contributed by atoms with E-state index in [1.54, 1.807) is 0 Å². The first-order valence-electron chi connectivity index (χ1n) is 6.18. The molecule has 0 bridgehead atoms. The lowest BCUT2D eigenvalue weighted by molar-refractivity contribution is -0.286. The molecule has 0 aliphatic carbocycles. The van der Waals surface area contributed by atoms with Crippen molar-refractivity contribution >= 4 is 11.6 Å². The number of anilines is 1. The summed E-state index contributed by atoms with van der Waals surface area (Å²) in [5.41, 5.74) is 0.588. The van der Waals surface area contributed by atoms with E-state index in [1.807, 2.05) is 0 Å². The summed E-state index contributed by atoms with van der Waals surface area (Å²) in [6.07, 6.45) is -2.35. The topological polar surface area (TPSA) is 69.7 Å². The Balaban J connectivity index is 1.75. The molecular formula is C14H10F2N2O4. The number of carbonyl (C=O) groups is 1. The fourth-order valence-corrected chi connectivity index (χ4v) is 1.87. The number of methoxy groups -OCH3 is 1.